The molecule has 2 amide bonds. The van der Waals surface area contributed by atoms with Crippen molar-refractivity contribution in [1.82, 2.24) is 19.8 Å². The topological polar surface area (TPSA) is 168 Å². The van der Waals surface area contributed by atoms with Crippen LogP contribution in [0.4, 0.5) is 49.1 Å². The Kier molecular flexibility index (Phi) is 21.5. The summed E-state index contributed by atoms with van der Waals surface area (Å²) in [5.41, 5.74) is 6.54. The number of hydrogen-bond acceptors (Lipinski definition) is 14. The molecule has 0 spiro atoms. The summed E-state index contributed by atoms with van der Waals surface area (Å²) in [7, 11) is 7.83. The van der Waals surface area contributed by atoms with Gasteiger partial charge in [0, 0.05) is 113 Å². The third-order valence-corrected chi connectivity index (χ3v) is 13.3. The van der Waals surface area contributed by atoms with Crippen LogP contribution in [-0.4, -0.2) is 149 Å². The number of anilines is 4. The molecule has 2 fully saturated rings. The van der Waals surface area contributed by atoms with Crippen molar-refractivity contribution < 1.29 is 64.5 Å². The minimum Gasteiger partial charge on any atom is -0.404 e. The average molecular weight is 1130 g/mol. The van der Waals surface area contributed by atoms with Gasteiger partial charge in [0.05, 0.1) is 61.3 Å². The van der Waals surface area contributed by atoms with Gasteiger partial charge in [0.15, 0.2) is 23.1 Å². The largest absolute Gasteiger partial charge is 0.573 e. The van der Waals surface area contributed by atoms with E-state index < -0.39 is 48.1 Å². The molecule has 432 valence electrons. The Bertz CT molecular complexity index is 2850. The van der Waals surface area contributed by atoms with Gasteiger partial charge in [0.2, 0.25) is 11.8 Å². The first kappa shape index (κ1) is 62.3. The quantitative estimate of drug-likeness (QED) is 0.0616. The smallest absolute Gasteiger partial charge is 0.404 e. The summed E-state index contributed by atoms with van der Waals surface area (Å²) in [6.45, 7) is 7.25. The van der Waals surface area contributed by atoms with Crippen LogP contribution in [0.2, 0.25) is 0 Å². The number of hydrogen-bond donors (Lipinski definition) is 2. The van der Waals surface area contributed by atoms with Gasteiger partial charge in [-0.25, -0.2) is 0 Å². The van der Waals surface area contributed by atoms with Crippen LogP contribution >= 0.6 is 0 Å². The lowest BCUT2D eigenvalue weighted by Crippen LogP contribution is -2.47. The van der Waals surface area contributed by atoms with E-state index in [0.29, 0.717) is 63.7 Å². The van der Waals surface area contributed by atoms with Gasteiger partial charge in [-0.05, 0) is 97.8 Å². The van der Waals surface area contributed by atoms with Crippen LogP contribution in [0.3, 0.4) is 0 Å². The van der Waals surface area contributed by atoms with Crippen LogP contribution in [0, 0.1) is 0 Å². The van der Waals surface area contributed by atoms with Crippen molar-refractivity contribution in [3.63, 3.8) is 0 Å². The van der Waals surface area contributed by atoms with E-state index in [1.54, 1.807) is 38.4 Å². The van der Waals surface area contributed by atoms with E-state index in [-0.39, 0.29) is 54.3 Å². The van der Waals surface area contributed by atoms with E-state index in [2.05, 4.69) is 30.1 Å². The van der Waals surface area contributed by atoms with Gasteiger partial charge in [0.25, 0.3) is 0 Å². The number of carbonyl (C=O) groups excluding carboxylic acids is 4. The van der Waals surface area contributed by atoms with Crippen LogP contribution in [0.1, 0.15) is 53.1 Å². The number of halogens is 6. The highest BCUT2D eigenvalue weighted by atomic mass is 19.4. The Hall–Kier alpha value is -7.92. The van der Waals surface area contributed by atoms with Crippen molar-refractivity contribution in [2.24, 2.45) is 0 Å². The minimum atomic E-state index is -4.97. The van der Waals surface area contributed by atoms with Crippen LogP contribution < -0.4 is 29.9 Å². The fraction of sp³-hybridized carbons (Fsp3) is 0.356. The molecular weight excluding hydrogens is 1060 g/mol. The van der Waals surface area contributed by atoms with E-state index in [0.717, 1.165) is 46.0 Å². The molecule has 0 bridgehead atoms. The second-order valence-electron chi connectivity index (χ2n) is 19.3. The number of amides is 2. The first-order chi connectivity index (χ1) is 38.0. The van der Waals surface area contributed by atoms with Gasteiger partial charge < -0.3 is 39.4 Å². The maximum Gasteiger partial charge on any atom is 0.573 e. The highest BCUT2D eigenvalue weighted by Crippen LogP contribution is 2.34. The van der Waals surface area contributed by atoms with Crippen molar-refractivity contribution in [2.45, 2.75) is 58.9 Å². The molecule has 2 atom stereocenters. The van der Waals surface area contributed by atoms with Crippen LogP contribution in [0.25, 0.3) is 22.5 Å². The maximum atomic E-state index is 13.1. The summed E-state index contributed by atoms with van der Waals surface area (Å²) >= 11 is 0. The Morgan fingerprint density at radius 3 is 1.19 bits per heavy atom. The SMILES string of the molecule is C.C[C@@H](C(=O)Nc1cc(C(=O)Cc2ccc(-c3ccc(N(C)C)cc3)nc2)ccc1OC(F)(F)F)N1CCOCC1.C[C@H](C(=O)Nc1cc(C(=O)Cc2ccc(-c3ccc(N(C)C)cc3)nc2)ccc1OC(F)(F)F)N1CCOCC1. The molecule has 6 aromatic rings. The normalized spacial score (nSPS) is 14.7. The van der Waals surface area contributed by atoms with E-state index in [1.165, 1.54) is 24.3 Å². The zero-order valence-electron chi connectivity index (χ0n) is 45.0. The molecule has 2 aromatic heterocycles. The average Bonchev–Trinajstić information content (AvgIpc) is 3.46. The monoisotopic (exact) mass is 1130 g/mol. The predicted molar refractivity (Wildman–Crippen MR) is 298 cm³/mol. The van der Waals surface area contributed by atoms with Crippen LogP contribution in [0.5, 0.6) is 11.5 Å². The van der Waals surface area contributed by atoms with E-state index >= 15 is 0 Å². The Labute approximate surface area is 467 Å². The molecule has 22 heteroatoms. The number of rotatable bonds is 18. The third-order valence-electron chi connectivity index (χ3n) is 13.3. The van der Waals surface area contributed by atoms with E-state index in [9.17, 15) is 45.5 Å². The molecule has 0 unspecified atom stereocenters. The van der Waals surface area contributed by atoms with Gasteiger partial charge in [-0.3, -0.25) is 38.9 Å². The number of pyridine rings is 2. The maximum absolute atomic E-state index is 13.1. The molecule has 4 aromatic carbocycles. The number of ketones is 2. The molecule has 0 radical (unpaired) electrons. The number of aromatic nitrogens is 2. The molecule has 2 aliphatic heterocycles. The Morgan fingerprint density at radius 2 is 0.889 bits per heavy atom. The van der Waals surface area contributed by atoms with Crippen LogP contribution in [0.15, 0.2) is 122 Å². The highest BCUT2D eigenvalue weighted by molar-refractivity contribution is 6.02. The lowest BCUT2D eigenvalue weighted by atomic mass is 10.0. The summed E-state index contributed by atoms with van der Waals surface area (Å²) in [5.74, 6) is -2.93. The van der Waals surface area contributed by atoms with Gasteiger partial charge in [0.1, 0.15) is 0 Å². The summed E-state index contributed by atoms with van der Waals surface area (Å²) in [6, 6.07) is 28.7. The molecule has 4 heterocycles. The highest BCUT2D eigenvalue weighted by Gasteiger charge is 2.35. The van der Waals surface area contributed by atoms with Gasteiger partial charge >= 0.3 is 12.7 Å². The van der Waals surface area contributed by atoms with Crippen molar-refractivity contribution >= 4 is 46.1 Å². The third kappa shape index (κ3) is 18.0. The molecule has 8 rings (SSSR count). The number of nitrogens with one attached hydrogen (secondary N) is 2. The number of ether oxygens (including phenoxy) is 4. The summed E-state index contributed by atoms with van der Waals surface area (Å²) in [5, 5.41) is 5.02. The lowest BCUT2D eigenvalue weighted by Gasteiger charge is -2.31. The predicted octanol–water partition coefficient (Wildman–Crippen LogP) is 10.2. The van der Waals surface area contributed by atoms with Gasteiger partial charge in [-0.2, -0.15) is 0 Å². The number of Topliss-reactive ketones (excluding diaryl/α,β-unsaturated/α-hetero) is 2. The summed E-state index contributed by atoms with van der Waals surface area (Å²) < 4.78 is 97.0. The lowest BCUT2D eigenvalue weighted by molar-refractivity contribution is -0.275. The summed E-state index contributed by atoms with van der Waals surface area (Å²) in [4.78, 5) is 68.5. The molecule has 0 saturated carbocycles. The molecule has 81 heavy (non-hydrogen) atoms. The van der Waals surface area contributed by atoms with E-state index in [4.69, 9.17) is 9.47 Å². The van der Waals surface area contributed by atoms with Crippen molar-refractivity contribution in [3.8, 4) is 34.0 Å². The molecule has 2 aliphatic rings. The van der Waals surface area contributed by atoms with Gasteiger partial charge in [-0.15, -0.1) is 26.3 Å². The molecule has 2 N–H and O–H groups in total. The minimum absolute atomic E-state index is 0. The second kappa shape index (κ2) is 28.0. The fourth-order valence-corrected chi connectivity index (χ4v) is 8.60. The van der Waals surface area contributed by atoms with Crippen molar-refractivity contribution in [1.29, 1.82) is 0 Å². The zero-order valence-corrected chi connectivity index (χ0v) is 45.0. The first-order valence-electron chi connectivity index (χ1n) is 25.6. The van der Waals surface area contributed by atoms with Crippen LogP contribution in [-0.2, 0) is 31.9 Å². The fourth-order valence-electron chi connectivity index (χ4n) is 8.60. The Balaban J connectivity index is 0.000000258. The van der Waals surface area contributed by atoms with E-state index in [1.807, 2.05) is 108 Å². The first-order valence-corrected chi connectivity index (χ1v) is 25.6. The molecule has 0 aliphatic carbocycles. The number of morpholine rings is 2. The number of benzene rings is 4. The number of alkyl halides is 6. The van der Waals surface area contributed by atoms with Crippen molar-refractivity contribution in [2.75, 3.05) is 101 Å². The standard InChI is InChI=1S/2C29H31F3N4O4.CH4/c2*1-19(36-12-14-39-15-13-36)28(38)34-25-17-22(7-11-27(25)40-29(30,31)32)26(37)16-20-4-10-24(33-18-20)21-5-8-23(9-6-21)35(2)3;/h2*4-11,17-19H,12-16H2,1-3H3,(H,34,38);1H4/t2*19-;/m10./s1. The Morgan fingerprint density at radius 1 is 0.543 bits per heavy atom. The number of nitrogens with zero attached hydrogens (tertiary/aromatic N) is 6. The summed E-state index contributed by atoms with van der Waals surface area (Å²) in [6.07, 6.45) is -6.79. The molecule has 16 nitrogen and oxygen atoms in total. The molecule has 2 saturated heterocycles. The second-order valence-corrected chi connectivity index (χ2v) is 19.3. The van der Waals surface area contributed by atoms with Crippen molar-refractivity contribution in [3.05, 3.63) is 144 Å². The van der Waals surface area contributed by atoms with Gasteiger partial charge in [-0.1, -0.05) is 43.8 Å². The zero-order chi connectivity index (χ0) is 57.7. The molecular formula is C59H66F6N8O8. The number of carbonyl (C=O) groups is 4.